The number of aromatic nitrogens is 1. The average Bonchev–Trinajstić information content (AvgIpc) is 3.30. The van der Waals surface area contributed by atoms with Crippen LogP contribution in [0.2, 0.25) is 0 Å². The van der Waals surface area contributed by atoms with Crippen molar-refractivity contribution in [1.82, 2.24) is 19.7 Å². The van der Waals surface area contributed by atoms with Crippen LogP contribution in [-0.4, -0.2) is 150 Å². The predicted octanol–water partition coefficient (Wildman–Crippen LogP) is 2.51. The number of thiazole rings is 1. The first-order valence-electron chi connectivity index (χ1n) is 12.1. The van der Waals surface area contributed by atoms with E-state index in [1.165, 1.54) is 5.01 Å². The van der Waals surface area contributed by atoms with Crippen molar-refractivity contribution in [3.05, 3.63) is 16.6 Å². The fraction of sp³-hybridized carbons (Fsp3) is 0.727. The molecule has 256 valence electrons. The summed E-state index contributed by atoms with van der Waals surface area (Å²) in [7, 11) is 4.24. The van der Waals surface area contributed by atoms with E-state index in [1.807, 2.05) is 11.6 Å². The molecule has 0 aromatic carbocycles. The van der Waals surface area contributed by atoms with Gasteiger partial charge in [0, 0.05) is 50.8 Å². The number of ether oxygens (including phenoxy) is 2. The van der Waals surface area contributed by atoms with Gasteiger partial charge in [-0.05, 0) is 14.1 Å². The summed E-state index contributed by atoms with van der Waals surface area (Å²) in [6.45, 7) is 9.15. The zero-order valence-corrected chi connectivity index (χ0v) is 24.0. The molecule has 2 fully saturated rings. The Bertz CT molecular complexity index is 954. The molecule has 1 spiro atoms. The van der Waals surface area contributed by atoms with E-state index >= 15 is 0 Å². The number of carboxylic acids is 3. The van der Waals surface area contributed by atoms with Crippen LogP contribution < -0.4 is 0 Å². The number of hydrogen-bond acceptors (Lipinski definition) is 10. The van der Waals surface area contributed by atoms with Crippen molar-refractivity contribution >= 4 is 29.2 Å². The van der Waals surface area contributed by atoms with Crippen molar-refractivity contribution in [2.75, 3.05) is 73.2 Å². The van der Waals surface area contributed by atoms with Gasteiger partial charge in [0.2, 0.25) is 0 Å². The molecule has 2 aliphatic heterocycles. The van der Waals surface area contributed by atoms with Gasteiger partial charge < -0.3 is 29.7 Å². The number of carboxylic acid groups (broad SMARTS) is 3. The summed E-state index contributed by atoms with van der Waals surface area (Å²) >= 11 is 1.73. The second kappa shape index (κ2) is 18.2. The SMILES string of the molecule is CN(C)CCN1CCOCC2(C1)CN(Cc1nccs1)CCO2.O=C(O)C(F)(F)F.O=C(O)C(F)(F)F.O=C(O)C(F)(F)F. The van der Waals surface area contributed by atoms with Gasteiger partial charge >= 0.3 is 36.4 Å². The minimum absolute atomic E-state index is 0.196. The predicted molar refractivity (Wildman–Crippen MR) is 133 cm³/mol. The zero-order valence-electron chi connectivity index (χ0n) is 23.2. The normalized spacial score (nSPS) is 19.8. The summed E-state index contributed by atoms with van der Waals surface area (Å²) in [6, 6.07) is 0. The first-order chi connectivity index (χ1) is 20.0. The third kappa shape index (κ3) is 18.1. The Morgan fingerprint density at radius 1 is 0.886 bits per heavy atom. The molecule has 0 saturated carbocycles. The molecular weight excluding hydrogens is 651 g/mol. The number of halogens is 9. The fourth-order valence-electron chi connectivity index (χ4n) is 3.28. The Morgan fingerprint density at radius 3 is 1.75 bits per heavy atom. The second-order valence-corrected chi connectivity index (χ2v) is 10.2. The van der Waals surface area contributed by atoms with Crippen molar-refractivity contribution in [2.24, 2.45) is 0 Å². The Morgan fingerprint density at radius 2 is 1.34 bits per heavy atom. The Balaban J connectivity index is 0.000000721. The van der Waals surface area contributed by atoms with Gasteiger partial charge in [0.15, 0.2) is 0 Å². The quantitative estimate of drug-likeness (QED) is 0.392. The fourth-order valence-corrected chi connectivity index (χ4v) is 3.94. The molecular formula is C22H31F9N4O8S. The van der Waals surface area contributed by atoms with Gasteiger partial charge in [-0.2, -0.15) is 39.5 Å². The van der Waals surface area contributed by atoms with Crippen LogP contribution >= 0.6 is 11.3 Å². The standard InChI is InChI=1S/C16H28N4O2S.3C2HF3O2/c1-18(2)4-5-19-6-8-21-14-16(12-19)13-20(7-9-22-16)11-15-17-3-10-23-15;3*3-2(4,5)1(6)7/h3,10H,4-9,11-14H2,1-2H3;3*(H,6,7). The number of nitrogens with zero attached hydrogens (tertiary/aromatic N) is 4. The molecule has 2 saturated heterocycles. The summed E-state index contributed by atoms with van der Waals surface area (Å²) in [5, 5.41) is 24.6. The van der Waals surface area contributed by atoms with E-state index in [2.05, 4.69) is 33.8 Å². The third-order valence-electron chi connectivity index (χ3n) is 5.19. The van der Waals surface area contributed by atoms with Crippen LogP contribution in [-0.2, 0) is 30.4 Å². The minimum Gasteiger partial charge on any atom is -0.475 e. The first-order valence-corrected chi connectivity index (χ1v) is 13.0. The Kier molecular flexibility index (Phi) is 17.1. The molecule has 0 aliphatic carbocycles. The van der Waals surface area contributed by atoms with Crippen LogP contribution in [0, 0.1) is 0 Å². The van der Waals surface area contributed by atoms with Gasteiger partial charge in [-0.1, -0.05) is 0 Å². The third-order valence-corrected chi connectivity index (χ3v) is 5.95. The zero-order chi connectivity index (χ0) is 34.4. The first kappa shape index (κ1) is 41.2. The van der Waals surface area contributed by atoms with Gasteiger partial charge in [0.05, 0.1) is 26.4 Å². The van der Waals surface area contributed by atoms with Crippen molar-refractivity contribution in [3.63, 3.8) is 0 Å². The minimum atomic E-state index is -5.08. The van der Waals surface area contributed by atoms with Crippen LogP contribution in [0.25, 0.3) is 0 Å². The highest BCUT2D eigenvalue weighted by Gasteiger charge is 2.41. The monoisotopic (exact) mass is 682 g/mol. The summed E-state index contributed by atoms with van der Waals surface area (Å²) in [5.74, 6) is -8.27. The van der Waals surface area contributed by atoms with Crippen molar-refractivity contribution in [1.29, 1.82) is 0 Å². The lowest BCUT2D eigenvalue weighted by Gasteiger charge is -2.43. The van der Waals surface area contributed by atoms with Crippen molar-refractivity contribution < 1.29 is 78.7 Å². The maximum Gasteiger partial charge on any atom is 0.490 e. The van der Waals surface area contributed by atoms with E-state index in [0.29, 0.717) is 6.61 Å². The van der Waals surface area contributed by atoms with Crippen LogP contribution in [0.3, 0.4) is 0 Å². The lowest BCUT2D eigenvalue weighted by atomic mass is 10.0. The summed E-state index contributed by atoms with van der Waals surface area (Å²) in [5.41, 5.74) is -0.196. The molecule has 3 N–H and O–H groups in total. The molecule has 1 aromatic rings. The van der Waals surface area contributed by atoms with Crippen molar-refractivity contribution in [3.8, 4) is 0 Å². The van der Waals surface area contributed by atoms with Crippen LogP contribution in [0.5, 0.6) is 0 Å². The van der Waals surface area contributed by atoms with E-state index in [4.69, 9.17) is 39.2 Å². The summed E-state index contributed by atoms with van der Waals surface area (Å²) in [6.07, 6.45) is -13.4. The number of carbonyl (C=O) groups is 3. The van der Waals surface area contributed by atoms with Gasteiger partial charge in [-0.3, -0.25) is 9.80 Å². The molecule has 3 heterocycles. The number of hydrogen-bond donors (Lipinski definition) is 3. The molecule has 44 heavy (non-hydrogen) atoms. The molecule has 0 radical (unpaired) electrons. The van der Waals surface area contributed by atoms with Gasteiger partial charge in [0.25, 0.3) is 0 Å². The number of rotatable bonds is 5. The molecule has 1 unspecified atom stereocenters. The van der Waals surface area contributed by atoms with E-state index in [-0.39, 0.29) is 5.60 Å². The average molecular weight is 683 g/mol. The second-order valence-electron chi connectivity index (χ2n) is 9.21. The lowest BCUT2D eigenvalue weighted by molar-refractivity contribution is -0.193. The molecule has 1 atom stereocenters. The molecule has 2 aliphatic rings. The molecule has 3 rings (SSSR count). The van der Waals surface area contributed by atoms with Gasteiger partial charge in [-0.25, -0.2) is 19.4 Å². The number of aliphatic carboxylic acids is 3. The van der Waals surface area contributed by atoms with Crippen molar-refractivity contribution in [2.45, 2.75) is 30.7 Å². The van der Waals surface area contributed by atoms with Crippen LogP contribution in [0.1, 0.15) is 5.01 Å². The van der Waals surface area contributed by atoms with Gasteiger partial charge in [-0.15, -0.1) is 11.3 Å². The highest BCUT2D eigenvalue weighted by molar-refractivity contribution is 7.09. The number of alkyl halides is 9. The number of morpholine rings is 1. The Labute approximate surface area is 248 Å². The van der Waals surface area contributed by atoms with Crippen LogP contribution in [0.15, 0.2) is 11.6 Å². The molecule has 0 amide bonds. The molecule has 0 bridgehead atoms. The van der Waals surface area contributed by atoms with E-state index in [0.717, 1.165) is 59.0 Å². The molecule has 12 nitrogen and oxygen atoms in total. The largest absolute Gasteiger partial charge is 0.490 e. The van der Waals surface area contributed by atoms with E-state index < -0.39 is 36.4 Å². The summed E-state index contributed by atoms with van der Waals surface area (Å²) in [4.78, 5) is 38.3. The molecule has 1 aromatic heterocycles. The summed E-state index contributed by atoms with van der Waals surface area (Å²) < 4.78 is 107. The Hall–Kier alpha value is -2.79. The lowest BCUT2D eigenvalue weighted by Crippen LogP contribution is -2.58. The van der Waals surface area contributed by atoms with E-state index in [1.54, 1.807) is 11.3 Å². The van der Waals surface area contributed by atoms with E-state index in [9.17, 15) is 39.5 Å². The number of likely N-dealkylation sites (N-methyl/N-ethyl adjacent to an activating group) is 1. The maximum absolute atomic E-state index is 10.6. The highest BCUT2D eigenvalue weighted by Crippen LogP contribution is 2.24. The smallest absolute Gasteiger partial charge is 0.475 e. The maximum atomic E-state index is 10.6. The topological polar surface area (TPSA) is 153 Å². The van der Waals surface area contributed by atoms with Gasteiger partial charge in [0.1, 0.15) is 10.6 Å². The van der Waals surface area contributed by atoms with Crippen LogP contribution in [0.4, 0.5) is 39.5 Å². The highest BCUT2D eigenvalue weighted by atomic mass is 32.1. The molecule has 22 heteroatoms.